The Morgan fingerprint density at radius 1 is 1.33 bits per heavy atom. The van der Waals surface area contributed by atoms with E-state index in [1.807, 2.05) is 13.0 Å². The van der Waals surface area contributed by atoms with Gasteiger partial charge in [0.25, 0.3) is 0 Å². The van der Waals surface area contributed by atoms with E-state index >= 15 is 0 Å². The minimum Gasteiger partial charge on any atom is -0.464 e. The summed E-state index contributed by atoms with van der Waals surface area (Å²) in [4.78, 5) is 12.2. The molecule has 0 heterocycles. The van der Waals surface area contributed by atoms with Gasteiger partial charge in [-0.1, -0.05) is 41.0 Å². The van der Waals surface area contributed by atoms with Crippen LogP contribution < -0.4 is 0 Å². The predicted molar refractivity (Wildman–Crippen MR) is 72.8 cm³/mol. The number of nitriles is 1. The summed E-state index contributed by atoms with van der Waals surface area (Å²) in [6.07, 6.45) is 2.09. The van der Waals surface area contributed by atoms with Gasteiger partial charge in [0.1, 0.15) is 6.61 Å². The normalized spacial score (nSPS) is 15.0. The number of carbonyl (C=O) groups is 1. The molecule has 0 radical (unpaired) electrons. The lowest BCUT2D eigenvalue weighted by Crippen LogP contribution is -2.39. The van der Waals surface area contributed by atoms with Crippen molar-refractivity contribution < 1.29 is 9.53 Å². The summed E-state index contributed by atoms with van der Waals surface area (Å²) in [5, 5.41) is 8.47. The molecule has 0 amide bonds. The standard InChI is InChI=1S/C15H27NO2/c1-7-14(4,5)11-15(6,12(2)3)13(17)18-10-8-9-16/h12H,7-8,10-11H2,1-6H3. The van der Waals surface area contributed by atoms with Crippen LogP contribution in [0, 0.1) is 28.1 Å². The predicted octanol–water partition coefficient (Wildman–Crippen LogP) is 3.93. The van der Waals surface area contributed by atoms with Crippen LogP contribution in [0.25, 0.3) is 0 Å². The molecule has 3 heteroatoms. The van der Waals surface area contributed by atoms with Crippen molar-refractivity contribution in [2.45, 2.75) is 60.8 Å². The number of ether oxygens (including phenoxy) is 1. The van der Waals surface area contributed by atoms with Gasteiger partial charge in [0, 0.05) is 0 Å². The van der Waals surface area contributed by atoms with Crippen LogP contribution >= 0.6 is 0 Å². The first-order chi connectivity index (χ1) is 8.19. The van der Waals surface area contributed by atoms with E-state index in [0.717, 1.165) is 12.8 Å². The monoisotopic (exact) mass is 253 g/mol. The van der Waals surface area contributed by atoms with Crippen molar-refractivity contribution in [2.24, 2.45) is 16.7 Å². The summed E-state index contributed by atoms with van der Waals surface area (Å²) in [5.74, 6) is 0.0483. The van der Waals surface area contributed by atoms with Crippen molar-refractivity contribution in [3.8, 4) is 6.07 Å². The molecule has 0 bridgehead atoms. The molecule has 0 aliphatic rings. The summed E-state index contributed by atoms with van der Waals surface area (Å²) >= 11 is 0. The molecule has 0 fully saturated rings. The lowest BCUT2D eigenvalue weighted by atomic mass is 9.67. The third-order valence-electron chi connectivity index (χ3n) is 3.99. The zero-order chi connectivity index (χ0) is 14.4. The fraction of sp³-hybridized carbons (Fsp3) is 0.867. The molecule has 0 spiro atoms. The van der Waals surface area contributed by atoms with Gasteiger partial charge in [-0.05, 0) is 24.7 Å². The first-order valence-corrected chi connectivity index (χ1v) is 6.74. The van der Waals surface area contributed by atoms with Gasteiger partial charge in [-0.3, -0.25) is 4.79 Å². The second-order valence-corrected chi connectivity index (χ2v) is 6.31. The third-order valence-corrected chi connectivity index (χ3v) is 3.99. The van der Waals surface area contributed by atoms with E-state index in [4.69, 9.17) is 10.00 Å². The minimum atomic E-state index is -0.477. The van der Waals surface area contributed by atoms with E-state index in [0.29, 0.717) is 0 Å². The smallest absolute Gasteiger partial charge is 0.312 e. The van der Waals surface area contributed by atoms with Crippen molar-refractivity contribution in [3.63, 3.8) is 0 Å². The molecule has 0 aromatic rings. The van der Waals surface area contributed by atoms with Crippen LogP contribution in [0.2, 0.25) is 0 Å². The Labute approximate surface area is 112 Å². The molecular formula is C15H27NO2. The van der Waals surface area contributed by atoms with Crippen LogP contribution in [0.5, 0.6) is 0 Å². The highest BCUT2D eigenvalue weighted by molar-refractivity contribution is 5.76. The highest BCUT2D eigenvalue weighted by Gasteiger charge is 2.41. The molecule has 104 valence electrons. The molecule has 1 atom stereocenters. The SMILES string of the molecule is CCC(C)(C)CC(C)(C(=O)OCCC#N)C(C)C. The van der Waals surface area contributed by atoms with Crippen LogP contribution in [0.15, 0.2) is 0 Å². The lowest BCUT2D eigenvalue weighted by Gasteiger charge is -2.38. The van der Waals surface area contributed by atoms with Crippen molar-refractivity contribution in [2.75, 3.05) is 6.61 Å². The van der Waals surface area contributed by atoms with Crippen LogP contribution in [0.1, 0.15) is 60.8 Å². The average Bonchev–Trinajstić information content (AvgIpc) is 2.28. The molecule has 0 aromatic carbocycles. The quantitative estimate of drug-likeness (QED) is 0.510. The number of nitrogens with zero attached hydrogens (tertiary/aromatic N) is 1. The van der Waals surface area contributed by atoms with Crippen LogP contribution in [-0.4, -0.2) is 12.6 Å². The summed E-state index contributed by atoms with van der Waals surface area (Å²) in [6, 6.07) is 1.99. The third kappa shape index (κ3) is 4.68. The van der Waals surface area contributed by atoms with Crippen LogP contribution in [0.3, 0.4) is 0 Å². The summed E-state index contributed by atoms with van der Waals surface area (Å²) in [7, 11) is 0. The van der Waals surface area contributed by atoms with Gasteiger partial charge in [0.15, 0.2) is 0 Å². The summed E-state index contributed by atoms with van der Waals surface area (Å²) in [6.45, 7) is 12.8. The number of esters is 1. The first kappa shape index (κ1) is 17.0. The van der Waals surface area contributed by atoms with Crippen molar-refractivity contribution in [1.82, 2.24) is 0 Å². The number of carbonyl (C=O) groups excluding carboxylic acids is 1. The van der Waals surface area contributed by atoms with Gasteiger partial charge < -0.3 is 4.74 Å². The summed E-state index contributed by atoms with van der Waals surface area (Å²) < 4.78 is 5.24. The first-order valence-electron chi connectivity index (χ1n) is 6.74. The number of hydrogen-bond donors (Lipinski definition) is 0. The topological polar surface area (TPSA) is 50.1 Å². The molecule has 0 saturated carbocycles. The second-order valence-electron chi connectivity index (χ2n) is 6.31. The Morgan fingerprint density at radius 2 is 1.89 bits per heavy atom. The van der Waals surface area contributed by atoms with Gasteiger partial charge in [-0.15, -0.1) is 0 Å². The van der Waals surface area contributed by atoms with E-state index in [9.17, 15) is 4.79 Å². The zero-order valence-electron chi connectivity index (χ0n) is 12.7. The van der Waals surface area contributed by atoms with Gasteiger partial charge in [0.05, 0.1) is 17.9 Å². The molecule has 0 N–H and O–H groups in total. The molecule has 1 unspecified atom stereocenters. The Hall–Kier alpha value is -1.04. The second kappa shape index (κ2) is 6.78. The molecule has 0 aliphatic carbocycles. The van der Waals surface area contributed by atoms with E-state index < -0.39 is 5.41 Å². The summed E-state index contributed by atoms with van der Waals surface area (Å²) in [5.41, 5.74) is -0.359. The molecule has 0 rings (SSSR count). The van der Waals surface area contributed by atoms with E-state index in [1.165, 1.54) is 0 Å². The highest BCUT2D eigenvalue weighted by Crippen LogP contribution is 2.42. The maximum Gasteiger partial charge on any atom is 0.312 e. The van der Waals surface area contributed by atoms with Gasteiger partial charge in [0.2, 0.25) is 0 Å². The number of hydrogen-bond acceptors (Lipinski definition) is 3. The largest absolute Gasteiger partial charge is 0.464 e. The molecule has 0 saturated heterocycles. The Bertz CT molecular complexity index is 315. The molecule has 0 aliphatic heterocycles. The number of rotatable bonds is 7. The van der Waals surface area contributed by atoms with Crippen LogP contribution in [-0.2, 0) is 9.53 Å². The van der Waals surface area contributed by atoms with Gasteiger partial charge in [-0.2, -0.15) is 5.26 Å². The zero-order valence-corrected chi connectivity index (χ0v) is 12.7. The van der Waals surface area contributed by atoms with Crippen LogP contribution in [0.4, 0.5) is 0 Å². The van der Waals surface area contributed by atoms with Gasteiger partial charge in [-0.25, -0.2) is 0 Å². The Kier molecular flexibility index (Phi) is 6.38. The van der Waals surface area contributed by atoms with Crippen molar-refractivity contribution in [3.05, 3.63) is 0 Å². The van der Waals surface area contributed by atoms with E-state index in [1.54, 1.807) is 0 Å². The van der Waals surface area contributed by atoms with Crippen molar-refractivity contribution in [1.29, 1.82) is 5.26 Å². The molecule has 18 heavy (non-hydrogen) atoms. The Morgan fingerprint density at radius 3 is 2.28 bits per heavy atom. The Balaban J connectivity index is 4.82. The maximum absolute atomic E-state index is 12.2. The lowest BCUT2D eigenvalue weighted by molar-refractivity contribution is -0.160. The fourth-order valence-corrected chi connectivity index (χ4v) is 1.99. The molecular weight excluding hydrogens is 226 g/mol. The van der Waals surface area contributed by atoms with E-state index in [-0.39, 0.29) is 30.3 Å². The van der Waals surface area contributed by atoms with E-state index in [2.05, 4.69) is 34.6 Å². The van der Waals surface area contributed by atoms with Gasteiger partial charge >= 0.3 is 5.97 Å². The fourth-order valence-electron chi connectivity index (χ4n) is 1.99. The highest BCUT2D eigenvalue weighted by atomic mass is 16.5. The molecule has 3 nitrogen and oxygen atoms in total. The average molecular weight is 253 g/mol. The minimum absolute atomic E-state index is 0.118. The maximum atomic E-state index is 12.2. The van der Waals surface area contributed by atoms with Crippen molar-refractivity contribution >= 4 is 5.97 Å². The molecule has 0 aromatic heterocycles.